The summed E-state index contributed by atoms with van der Waals surface area (Å²) in [6.45, 7) is 8.08. The predicted octanol–water partition coefficient (Wildman–Crippen LogP) is 4.29. The zero-order valence-electron chi connectivity index (χ0n) is 17.0. The largest absolute Gasteiger partial charge is 0.372 e. The van der Waals surface area contributed by atoms with Crippen LogP contribution in [0.15, 0.2) is 42.5 Å². The molecule has 0 saturated carbocycles. The molecule has 28 heavy (non-hydrogen) atoms. The molecule has 148 valence electrons. The Morgan fingerprint density at radius 2 is 1.71 bits per heavy atom. The summed E-state index contributed by atoms with van der Waals surface area (Å²) in [4.78, 5) is 28.6. The molecule has 0 aromatic heterocycles. The van der Waals surface area contributed by atoms with E-state index in [9.17, 15) is 9.59 Å². The summed E-state index contributed by atoms with van der Waals surface area (Å²) in [6, 6.07) is 14.0. The minimum absolute atomic E-state index is 0.0588. The molecule has 0 radical (unpaired) electrons. The normalized spacial score (nSPS) is 13.5. The first kappa shape index (κ1) is 19.9. The minimum Gasteiger partial charge on any atom is -0.372 e. The highest BCUT2D eigenvalue weighted by Crippen LogP contribution is 2.23. The maximum absolute atomic E-state index is 12.4. The predicted molar refractivity (Wildman–Crippen MR) is 115 cm³/mol. The van der Waals surface area contributed by atoms with Crippen molar-refractivity contribution in [2.75, 3.05) is 34.8 Å². The molecule has 2 aromatic carbocycles. The average Bonchev–Trinajstić information content (AvgIpc) is 3.19. The third-order valence-electron chi connectivity index (χ3n) is 5.22. The summed E-state index contributed by atoms with van der Waals surface area (Å²) in [5.74, 6) is -0.151. The quantitative estimate of drug-likeness (QED) is 0.815. The number of benzene rings is 2. The number of amides is 2. The molecule has 3 rings (SSSR count). The van der Waals surface area contributed by atoms with E-state index in [1.165, 1.54) is 25.5 Å². The van der Waals surface area contributed by atoms with Gasteiger partial charge >= 0.3 is 0 Å². The van der Waals surface area contributed by atoms with E-state index in [1.54, 1.807) is 4.90 Å². The second-order valence-corrected chi connectivity index (χ2v) is 7.50. The molecule has 1 saturated heterocycles. The van der Waals surface area contributed by atoms with Gasteiger partial charge in [-0.15, -0.1) is 0 Å². The second-order valence-electron chi connectivity index (χ2n) is 7.50. The number of hydrogen-bond acceptors (Lipinski definition) is 3. The van der Waals surface area contributed by atoms with Gasteiger partial charge in [-0.3, -0.25) is 9.59 Å². The van der Waals surface area contributed by atoms with E-state index in [0.29, 0.717) is 6.54 Å². The molecule has 5 nitrogen and oxygen atoms in total. The van der Waals surface area contributed by atoms with Crippen LogP contribution in [0, 0.1) is 13.8 Å². The molecule has 1 aliphatic heterocycles. The summed E-state index contributed by atoms with van der Waals surface area (Å²) >= 11 is 0. The average molecular weight is 380 g/mol. The molecular formula is C23H29N3O2. The van der Waals surface area contributed by atoms with Crippen molar-refractivity contribution in [1.82, 2.24) is 0 Å². The Morgan fingerprint density at radius 1 is 1.04 bits per heavy atom. The van der Waals surface area contributed by atoms with Crippen LogP contribution in [0.25, 0.3) is 0 Å². The van der Waals surface area contributed by atoms with Crippen molar-refractivity contribution in [1.29, 1.82) is 0 Å². The number of rotatable bonds is 6. The SMILES string of the molecule is CC(=O)N(CCC(=O)Nc1ccc(N2CCCC2)cc1)c1cc(C)ccc1C. The molecule has 0 aliphatic carbocycles. The first-order valence-corrected chi connectivity index (χ1v) is 9.94. The van der Waals surface area contributed by atoms with E-state index in [0.717, 1.165) is 35.6 Å². The Labute approximate surface area is 167 Å². The van der Waals surface area contributed by atoms with Gasteiger partial charge in [0.25, 0.3) is 0 Å². The highest BCUT2D eigenvalue weighted by atomic mass is 16.2. The molecule has 1 N–H and O–H groups in total. The third-order valence-corrected chi connectivity index (χ3v) is 5.22. The van der Waals surface area contributed by atoms with Crippen LogP contribution >= 0.6 is 0 Å². The summed E-state index contributed by atoms with van der Waals surface area (Å²) in [5.41, 5.74) is 4.98. The maximum atomic E-state index is 12.4. The third kappa shape index (κ3) is 4.91. The summed E-state index contributed by atoms with van der Waals surface area (Å²) in [7, 11) is 0. The smallest absolute Gasteiger partial charge is 0.226 e. The Hall–Kier alpha value is -2.82. The lowest BCUT2D eigenvalue weighted by Gasteiger charge is -2.23. The van der Waals surface area contributed by atoms with E-state index in [2.05, 4.69) is 22.3 Å². The van der Waals surface area contributed by atoms with Crippen LogP contribution in [0.1, 0.15) is 37.3 Å². The molecule has 1 aliphatic rings. The van der Waals surface area contributed by atoms with Crippen molar-refractivity contribution in [3.63, 3.8) is 0 Å². The standard InChI is InChI=1S/C23H29N3O2/c1-17-6-7-18(2)22(16-17)26(19(3)27)15-12-23(28)24-20-8-10-21(11-9-20)25-13-4-5-14-25/h6-11,16H,4-5,12-15H2,1-3H3,(H,24,28). The van der Waals surface area contributed by atoms with Gasteiger partial charge in [0.1, 0.15) is 0 Å². The molecular weight excluding hydrogens is 350 g/mol. The fourth-order valence-electron chi connectivity index (χ4n) is 3.63. The lowest BCUT2D eigenvalue weighted by Crippen LogP contribution is -2.32. The van der Waals surface area contributed by atoms with E-state index >= 15 is 0 Å². The number of carbonyl (C=O) groups excluding carboxylic acids is 2. The number of carbonyl (C=O) groups is 2. The van der Waals surface area contributed by atoms with Gasteiger partial charge in [0.05, 0.1) is 0 Å². The maximum Gasteiger partial charge on any atom is 0.226 e. The van der Waals surface area contributed by atoms with Gasteiger partial charge in [-0.05, 0) is 68.1 Å². The minimum atomic E-state index is -0.0921. The molecule has 5 heteroatoms. The van der Waals surface area contributed by atoms with Crippen molar-refractivity contribution in [3.8, 4) is 0 Å². The van der Waals surface area contributed by atoms with Crippen molar-refractivity contribution < 1.29 is 9.59 Å². The molecule has 0 bridgehead atoms. The van der Waals surface area contributed by atoms with Gasteiger partial charge in [-0.25, -0.2) is 0 Å². The lowest BCUT2D eigenvalue weighted by molar-refractivity contribution is -0.117. The number of hydrogen-bond donors (Lipinski definition) is 1. The van der Waals surface area contributed by atoms with Crippen LogP contribution in [0.2, 0.25) is 0 Å². The Kier molecular flexibility index (Phi) is 6.34. The van der Waals surface area contributed by atoms with Crippen LogP contribution in [0.4, 0.5) is 17.1 Å². The van der Waals surface area contributed by atoms with Crippen LogP contribution in [0.5, 0.6) is 0 Å². The first-order chi connectivity index (χ1) is 13.4. The van der Waals surface area contributed by atoms with Crippen LogP contribution in [-0.2, 0) is 9.59 Å². The van der Waals surface area contributed by atoms with Crippen LogP contribution < -0.4 is 15.1 Å². The fraction of sp³-hybridized carbons (Fsp3) is 0.391. The van der Waals surface area contributed by atoms with E-state index in [1.807, 2.05) is 44.2 Å². The van der Waals surface area contributed by atoms with Gasteiger partial charge in [-0.2, -0.15) is 0 Å². The summed E-state index contributed by atoms with van der Waals surface area (Å²) < 4.78 is 0. The Bertz CT molecular complexity index is 839. The van der Waals surface area contributed by atoms with Gasteiger partial charge in [0, 0.05) is 50.0 Å². The van der Waals surface area contributed by atoms with E-state index in [-0.39, 0.29) is 18.2 Å². The van der Waals surface area contributed by atoms with Gasteiger partial charge in [0.15, 0.2) is 0 Å². The Balaban J connectivity index is 1.59. The zero-order valence-corrected chi connectivity index (χ0v) is 17.0. The van der Waals surface area contributed by atoms with Gasteiger partial charge in [-0.1, -0.05) is 12.1 Å². The van der Waals surface area contributed by atoms with E-state index < -0.39 is 0 Å². The molecule has 2 amide bonds. The number of nitrogens with one attached hydrogen (secondary N) is 1. The summed E-state index contributed by atoms with van der Waals surface area (Å²) in [6.07, 6.45) is 2.73. The molecule has 0 atom stereocenters. The number of aryl methyl sites for hydroxylation is 2. The molecule has 0 unspecified atom stereocenters. The number of nitrogens with zero attached hydrogens (tertiary/aromatic N) is 2. The highest BCUT2D eigenvalue weighted by Gasteiger charge is 2.16. The molecule has 1 fully saturated rings. The van der Waals surface area contributed by atoms with Crippen LogP contribution in [-0.4, -0.2) is 31.4 Å². The fourth-order valence-corrected chi connectivity index (χ4v) is 3.63. The molecule has 2 aromatic rings. The molecule has 0 spiro atoms. The lowest BCUT2D eigenvalue weighted by atomic mass is 10.1. The van der Waals surface area contributed by atoms with Crippen LogP contribution in [0.3, 0.4) is 0 Å². The van der Waals surface area contributed by atoms with Crippen molar-refractivity contribution >= 4 is 28.9 Å². The van der Waals surface area contributed by atoms with Crippen molar-refractivity contribution in [2.45, 2.75) is 40.0 Å². The molecule has 1 heterocycles. The highest BCUT2D eigenvalue weighted by molar-refractivity contribution is 5.95. The summed E-state index contributed by atoms with van der Waals surface area (Å²) in [5, 5.41) is 2.94. The Morgan fingerprint density at radius 3 is 2.36 bits per heavy atom. The first-order valence-electron chi connectivity index (χ1n) is 9.94. The topological polar surface area (TPSA) is 52.7 Å². The van der Waals surface area contributed by atoms with Crippen molar-refractivity contribution in [3.05, 3.63) is 53.6 Å². The number of anilines is 3. The van der Waals surface area contributed by atoms with Crippen molar-refractivity contribution in [2.24, 2.45) is 0 Å². The van der Waals surface area contributed by atoms with E-state index in [4.69, 9.17) is 0 Å². The van der Waals surface area contributed by atoms with Gasteiger partial charge < -0.3 is 15.1 Å². The monoisotopic (exact) mass is 379 g/mol. The van der Waals surface area contributed by atoms with Gasteiger partial charge in [0.2, 0.25) is 11.8 Å². The zero-order chi connectivity index (χ0) is 20.1. The second kappa shape index (κ2) is 8.91.